The molecule has 0 aromatic heterocycles. The molecule has 0 saturated heterocycles. The Labute approximate surface area is 115 Å². The van der Waals surface area contributed by atoms with Crippen LogP contribution >= 0.6 is 12.4 Å². The van der Waals surface area contributed by atoms with Crippen LogP contribution in [0.15, 0.2) is 18.2 Å². The summed E-state index contributed by atoms with van der Waals surface area (Å²) < 4.78 is 30.6. The predicted octanol–water partition coefficient (Wildman–Crippen LogP) is 1.15. The highest BCUT2D eigenvalue weighted by molar-refractivity contribution is 5.97. The maximum Gasteiger partial charge on any atom is 0.277 e. The molecule has 0 aliphatic carbocycles. The number of aromatic hydroxyl groups is 1. The molecule has 1 aromatic rings. The molecule has 0 unspecified atom stereocenters. The molecule has 0 aliphatic rings. The zero-order valence-electron chi connectivity index (χ0n) is 10.2. The number of nitrogens with two attached hydrogens (primary N) is 1. The minimum absolute atomic E-state index is 0. The number of hydrogen-bond donors (Lipinski definition) is 3. The first-order valence-corrected chi connectivity index (χ1v) is 5.13. The Morgan fingerprint density at radius 3 is 2.68 bits per heavy atom. The van der Waals surface area contributed by atoms with Gasteiger partial charge in [0.15, 0.2) is 0 Å². The molecule has 8 heteroatoms. The second-order valence-corrected chi connectivity index (χ2v) is 3.63. The van der Waals surface area contributed by atoms with E-state index in [4.69, 9.17) is 10.5 Å². The summed E-state index contributed by atoms with van der Waals surface area (Å²) in [6, 6.07) is 3.95. The molecule has 1 amide bonds. The van der Waals surface area contributed by atoms with E-state index in [0.29, 0.717) is 5.75 Å². The average Bonchev–Trinajstić information content (AvgIpc) is 2.36. The van der Waals surface area contributed by atoms with Crippen molar-refractivity contribution in [2.24, 2.45) is 5.73 Å². The number of halogens is 3. The molecular formula is C11H15ClF2N2O3. The zero-order valence-corrected chi connectivity index (χ0v) is 11.0. The summed E-state index contributed by atoms with van der Waals surface area (Å²) in [5.74, 6) is -3.98. The SMILES string of the molecule is COc1ccc(O)c(C(=O)NCC(F)(F)CN)c1.Cl. The highest BCUT2D eigenvalue weighted by Gasteiger charge is 2.27. The fourth-order valence-corrected chi connectivity index (χ4v) is 1.20. The number of ether oxygens (including phenoxy) is 1. The summed E-state index contributed by atoms with van der Waals surface area (Å²) in [4.78, 5) is 11.6. The van der Waals surface area contributed by atoms with Gasteiger partial charge in [0.1, 0.15) is 11.5 Å². The van der Waals surface area contributed by atoms with E-state index in [0.717, 1.165) is 0 Å². The van der Waals surface area contributed by atoms with Crippen molar-refractivity contribution >= 4 is 18.3 Å². The van der Waals surface area contributed by atoms with Gasteiger partial charge in [-0.15, -0.1) is 12.4 Å². The Balaban J connectivity index is 0.00000324. The number of carbonyl (C=O) groups excluding carboxylic acids is 1. The Kier molecular flexibility index (Phi) is 6.51. The van der Waals surface area contributed by atoms with Crippen LogP contribution in [0.4, 0.5) is 8.78 Å². The van der Waals surface area contributed by atoms with Crippen molar-refractivity contribution in [1.29, 1.82) is 0 Å². The lowest BCUT2D eigenvalue weighted by Crippen LogP contribution is -2.41. The Bertz CT molecular complexity index is 444. The number of alkyl halides is 2. The van der Waals surface area contributed by atoms with Crippen LogP contribution in [0, 0.1) is 0 Å². The van der Waals surface area contributed by atoms with E-state index in [9.17, 15) is 18.7 Å². The normalized spacial score (nSPS) is 10.5. The second kappa shape index (κ2) is 7.10. The van der Waals surface area contributed by atoms with Crippen molar-refractivity contribution in [3.63, 3.8) is 0 Å². The second-order valence-electron chi connectivity index (χ2n) is 3.63. The molecule has 0 atom stereocenters. The molecule has 1 aromatic carbocycles. The lowest BCUT2D eigenvalue weighted by molar-refractivity contribution is 0.0118. The van der Waals surface area contributed by atoms with Crippen molar-refractivity contribution in [1.82, 2.24) is 5.32 Å². The smallest absolute Gasteiger partial charge is 0.277 e. The van der Waals surface area contributed by atoms with Crippen LogP contribution in [0.1, 0.15) is 10.4 Å². The molecule has 0 fully saturated rings. The van der Waals surface area contributed by atoms with E-state index in [1.165, 1.54) is 25.3 Å². The quantitative estimate of drug-likeness (QED) is 0.761. The number of rotatable bonds is 5. The van der Waals surface area contributed by atoms with Gasteiger partial charge < -0.3 is 20.9 Å². The Morgan fingerprint density at radius 1 is 1.53 bits per heavy atom. The number of nitrogens with one attached hydrogen (secondary N) is 1. The van der Waals surface area contributed by atoms with Crippen molar-refractivity contribution in [3.05, 3.63) is 23.8 Å². The monoisotopic (exact) mass is 296 g/mol. The molecule has 0 heterocycles. The fraction of sp³-hybridized carbons (Fsp3) is 0.364. The lowest BCUT2D eigenvalue weighted by Gasteiger charge is -2.15. The van der Waals surface area contributed by atoms with E-state index in [1.807, 2.05) is 5.32 Å². The van der Waals surface area contributed by atoms with E-state index in [1.54, 1.807) is 0 Å². The number of hydrogen-bond acceptors (Lipinski definition) is 4. The van der Waals surface area contributed by atoms with Gasteiger partial charge in [-0.1, -0.05) is 0 Å². The van der Waals surface area contributed by atoms with E-state index in [-0.39, 0.29) is 23.7 Å². The number of benzene rings is 1. The van der Waals surface area contributed by atoms with Gasteiger partial charge in [-0.2, -0.15) is 0 Å². The van der Waals surface area contributed by atoms with Gasteiger partial charge in [0.2, 0.25) is 0 Å². The molecule has 0 spiro atoms. The van der Waals surface area contributed by atoms with Crippen LogP contribution in [-0.2, 0) is 0 Å². The third-order valence-corrected chi connectivity index (χ3v) is 2.25. The summed E-state index contributed by atoms with van der Waals surface area (Å²) in [5, 5.41) is 11.5. The van der Waals surface area contributed by atoms with Crippen molar-refractivity contribution in [3.8, 4) is 11.5 Å². The molecule has 5 nitrogen and oxygen atoms in total. The topological polar surface area (TPSA) is 84.6 Å². The summed E-state index contributed by atoms with van der Waals surface area (Å²) in [5.41, 5.74) is 4.70. The predicted molar refractivity (Wildman–Crippen MR) is 68.2 cm³/mol. The third kappa shape index (κ3) is 4.88. The minimum Gasteiger partial charge on any atom is -0.507 e. The van der Waals surface area contributed by atoms with Crippen LogP contribution in [0.5, 0.6) is 11.5 Å². The standard InChI is InChI=1S/C11H14F2N2O3.ClH/c1-18-7-2-3-9(16)8(4-7)10(17)15-6-11(12,13)5-14;/h2-4,16H,5-6,14H2,1H3,(H,15,17);1H. The minimum atomic E-state index is -3.18. The van der Waals surface area contributed by atoms with Crippen LogP contribution in [-0.4, -0.2) is 37.1 Å². The number of methoxy groups -OCH3 is 1. The maximum absolute atomic E-state index is 12.8. The molecule has 1 rings (SSSR count). The van der Waals surface area contributed by atoms with Crippen LogP contribution < -0.4 is 15.8 Å². The molecular weight excluding hydrogens is 282 g/mol. The molecule has 0 saturated carbocycles. The van der Waals surface area contributed by atoms with Crippen molar-refractivity contribution in [2.75, 3.05) is 20.2 Å². The summed E-state index contributed by atoms with van der Waals surface area (Å²) in [7, 11) is 1.39. The van der Waals surface area contributed by atoms with Crippen molar-refractivity contribution in [2.45, 2.75) is 5.92 Å². The fourth-order valence-electron chi connectivity index (χ4n) is 1.20. The number of phenols is 1. The maximum atomic E-state index is 12.8. The summed E-state index contributed by atoms with van der Waals surface area (Å²) >= 11 is 0. The van der Waals surface area contributed by atoms with E-state index in [2.05, 4.69) is 0 Å². The van der Waals surface area contributed by atoms with Gasteiger partial charge in [-0.3, -0.25) is 4.79 Å². The van der Waals surface area contributed by atoms with Gasteiger partial charge in [0, 0.05) is 0 Å². The van der Waals surface area contributed by atoms with E-state index < -0.39 is 24.9 Å². The zero-order chi connectivity index (χ0) is 13.8. The van der Waals surface area contributed by atoms with Gasteiger partial charge in [0.25, 0.3) is 11.8 Å². The van der Waals surface area contributed by atoms with Crippen molar-refractivity contribution < 1.29 is 23.4 Å². The number of amides is 1. The molecule has 4 N–H and O–H groups in total. The first-order chi connectivity index (χ1) is 8.39. The van der Waals surface area contributed by atoms with Crippen LogP contribution in [0.3, 0.4) is 0 Å². The number of carbonyl (C=O) groups is 1. The van der Waals surface area contributed by atoms with Crippen LogP contribution in [0.25, 0.3) is 0 Å². The number of phenolic OH excluding ortho intramolecular Hbond substituents is 1. The first-order valence-electron chi connectivity index (χ1n) is 5.13. The largest absolute Gasteiger partial charge is 0.507 e. The highest BCUT2D eigenvalue weighted by Crippen LogP contribution is 2.22. The first kappa shape index (κ1) is 17.4. The summed E-state index contributed by atoms with van der Waals surface area (Å²) in [6.45, 7) is -1.75. The third-order valence-electron chi connectivity index (χ3n) is 2.25. The molecule has 0 radical (unpaired) electrons. The Hall–Kier alpha value is -1.60. The molecule has 0 aliphatic heterocycles. The Morgan fingerprint density at radius 2 is 2.16 bits per heavy atom. The average molecular weight is 297 g/mol. The van der Waals surface area contributed by atoms with Crippen LogP contribution in [0.2, 0.25) is 0 Å². The van der Waals surface area contributed by atoms with Gasteiger partial charge in [-0.05, 0) is 18.2 Å². The highest BCUT2D eigenvalue weighted by atomic mass is 35.5. The van der Waals surface area contributed by atoms with Gasteiger partial charge >= 0.3 is 0 Å². The van der Waals surface area contributed by atoms with Gasteiger partial charge in [-0.25, -0.2) is 8.78 Å². The molecule has 0 bridgehead atoms. The lowest BCUT2D eigenvalue weighted by atomic mass is 10.1. The molecule has 108 valence electrons. The molecule has 19 heavy (non-hydrogen) atoms. The van der Waals surface area contributed by atoms with E-state index >= 15 is 0 Å². The summed E-state index contributed by atoms with van der Waals surface area (Å²) in [6.07, 6.45) is 0. The van der Waals surface area contributed by atoms with Gasteiger partial charge in [0.05, 0.1) is 25.8 Å².